The third kappa shape index (κ3) is 4.81. The van der Waals surface area contributed by atoms with Crippen LogP contribution in [0.15, 0.2) is 113 Å². The predicted molar refractivity (Wildman–Crippen MR) is 150 cm³/mol. The summed E-state index contributed by atoms with van der Waals surface area (Å²) in [5.74, 6) is -0.392. The molecule has 184 valence electrons. The molecule has 0 aliphatic carbocycles. The first-order chi connectivity index (χ1) is 17.8. The van der Waals surface area contributed by atoms with Gasteiger partial charge in [-0.05, 0) is 70.9 Å². The molecule has 0 aliphatic rings. The van der Waals surface area contributed by atoms with Crippen molar-refractivity contribution in [2.24, 2.45) is 5.10 Å². The number of carbonyl (C=O) groups is 1. The third-order valence-electron chi connectivity index (χ3n) is 6.35. The first-order valence-corrected chi connectivity index (χ1v) is 13.2. The molecule has 0 bridgehead atoms. The minimum Gasteiger partial charge on any atom is -0.269 e. The predicted octanol–water partition coefficient (Wildman–Crippen LogP) is 5.89. The van der Waals surface area contributed by atoms with Crippen molar-refractivity contribution in [3.05, 3.63) is 120 Å². The van der Waals surface area contributed by atoms with Gasteiger partial charge in [0, 0.05) is 18.2 Å². The maximum Gasteiger partial charge on any atom is 0.271 e. The maximum absolute atomic E-state index is 13.0. The highest BCUT2D eigenvalue weighted by Gasteiger charge is 2.21. The molecule has 6 nitrogen and oxygen atoms in total. The van der Waals surface area contributed by atoms with Crippen LogP contribution in [0.25, 0.3) is 21.5 Å². The minimum atomic E-state index is -3.71. The van der Waals surface area contributed by atoms with Gasteiger partial charge in [0.2, 0.25) is 0 Å². The molecule has 1 N–H and O–H groups in total. The van der Waals surface area contributed by atoms with Crippen molar-refractivity contribution in [3.8, 4) is 0 Å². The molecule has 0 atom stereocenters. The van der Waals surface area contributed by atoms with Gasteiger partial charge in [-0.25, -0.2) is 13.8 Å². The Hall–Kier alpha value is -4.49. The van der Waals surface area contributed by atoms with Gasteiger partial charge >= 0.3 is 0 Å². The summed E-state index contributed by atoms with van der Waals surface area (Å²) in [6.45, 7) is 1.90. The SMILES string of the molecule is Cc1ccc(S(=O)(=O)N(C)c2ccc(C(=O)N/N=C\c3c4ccccc4cc4ccccc34)cc2)cc1. The van der Waals surface area contributed by atoms with E-state index in [1.807, 2.05) is 43.3 Å². The van der Waals surface area contributed by atoms with Crippen LogP contribution in [0.5, 0.6) is 0 Å². The van der Waals surface area contributed by atoms with Gasteiger partial charge in [-0.1, -0.05) is 66.2 Å². The molecule has 0 saturated heterocycles. The van der Waals surface area contributed by atoms with Gasteiger partial charge in [-0.3, -0.25) is 9.10 Å². The smallest absolute Gasteiger partial charge is 0.269 e. The molecule has 0 spiro atoms. The molecular weight excluding hydrogens is 482 g/mol. The van der Waals surface area contributed by atoms with Crippen molar-refractivity contribution in [2.45, 2.75) is 11.8 Å². The quantitative estimate of drug-likeness (QED) is 0.177. The fourth-order valence-electron chi connectivity index (χ4n) is 4.24. The van der Waals surface area contributed by atoms with Crippen LogP contribution in [0, 0.1) is 6.92 Å². The fraction of sp³-hybridized carbons (Fsp3) is 0.0667. The number of amides is 1. The topological polar surface area (TPSA) is 78.8 Å². The number of carbonyl (C=O) groups excluding carboxylic acids is 1. The van der Waals surface area contributed by atoms with Crippen molar-refractivity contribution < 1.29 is 13.2 Å². The molecule has 0 aromatic heterocycles. The number of hydrogen-bond acceptors (Lipinski definition) is 4. The molecule has 37 heavy (non-hydrogen) atoms. The van der Waals surface area contributed by atoms with E-state index in [1.54, 1.807) is 54.7 Å². The summed E-state index contributed by atoms with van der Waals surface area (Å²) in [6.07, 6.45) is 1.67. The lowest BCUT2D eigenvalue weighted by atomic mass is 9.97. The van der Waals surface area contributed by atoms with Gasteiger partial charge < -0.3 is 0 Å². The summed E-state index contributed by atoms with van der Waals surface area (Å²) in [5, 5.41) is 8.50. The van der Waals surface area contributed by atoms with Crippen molar-refractivity contribution in [2.75, 3.05) is 11.4 Å². The molecule has 1 amide bonds. The number of anilines is 1. The molecule has 0 aliphatic heterocycles. The summed E-state index contributed by atoms with van der Waals surface area (Å²) in [5.41, 5.74) is 5.30. The number of hydrogen-bond donors (Lipinski definition) is 1. The average Bonchev–Trinajstić information content (AvgIpc) is 2.92. The Labute approximate surface area is 215 Å². The fourth-order valence-corrected chi connectivity index (χ4v) is 5.43. The summed E-state index contributed by atoms with van der Waals surface area (Å²) >= 11 is 0. The van der Waals surface area contributed by atoms with E-state index in [0.29, 0.717) is 11.3 Å². The lowest BCUT2D eigenvalue weighted by Gasteiger charge is -2.19. The van der Waals surface area contributed by atoms with Crippen LogP contribution >= 0.6 is 0 Å². The van der Waals surface area contributed by atoms with E-state index in [1.165, 1.54) is 11.4 Å². The van der Waals surface area contributed by atoms with Gasteiger partial charge in [-0.15, -0.1) is 0 Å². The normalized spacial score (nSPS) is 11.7. The molecule has 5 aromatic carbocycles. The Kier molecular flexibility index (Phi) is 6.46. The monoisotopic (exact) mass is 507 g/mol. The second-order valence-electron chi connectivity index (χ2n) is 8.76. The highest BCUT2D eigenvalue weighted by Crippen LogP contribution is 2.27. The number of fused-ring (bicyclic) bond motifs is 2. The Morgan fingerprint density at radius 3 is 1.97 bits per heavy atom. The first-order valence-electron chi connectivity index (χ1n) is 11.7. The molecule has 5 rings (SSSR count). The molecule has 0 radical (unpaired) electrons. The zero-order valence-electron chi connectivity index (χ0n) is 20.4. The molecular formula is C30H25N3O3S. The van der Waals surface area contributed by atoms with Crippen LogP contribution in [0.4, 0.5) is 5.69 Å². The van der Waals surface area contributed by atoms with Crippen LogP contribution in [0.1, 0.15) is 21.5 Å². The second-order valence-corrected chi connectivity index (χ2v) is 10.7. The number of hydrazone groups is 1. The number of nitrogens with one attached hydrogen (secondary N) is 1. The molecule has 0 fully saturated rings. The van der Waals surface area contributed by atoms with Crippen molar-refractivity contribution in [3.63, 3.8) is 0 Å². The number of sulfonamides is 1. The third-order valence-corrected chi connectivity index (χ3v) is 8.14. The summed E-state index contributed by atoms with van der Waals surface area (Å²) < 4.78 is 27.1. The van der Waals surface area contributed by atoms with Crippen LogP contribution in [-0.4, -0.2) is 27.6 Å². The summed E-state index contributed by atoms with van der Waals surface area (Å²) in [4.78, 5) is 12.9. The van der Waals surface area contributed by atoms with E-state index >= 15 is 0 Å². The van der Waals surface area contributed by atoms with Gasteiger partial charge in [0.1, 0.15) is 0 Å². The number of benzene rings is 5. The highest BCUT2D eigenvalue weighted by molar-refractivity contribution is 7.92. The summed E-state index contributed by atoms with van der Waals surface area (Å²) in [7, 11) is -2.22. The molecule has 0 heterocycles. The van der Waals surface area contributed by atoms with E-state index in [0.717, 1.165) is 32.7 Å². The standard InChI is InChI=1S/C30H25N3O3S/c1-21-11-17-26(18-12-21)37(35,36)33(2)25-15-13-22(14-16-25)30(34)32-31-20-29-27-9-5-3-7-23(27)19-24-8-4-6-10-28(24)29/h3-20H,1-2H3,(H,32,34)/b31-20-. The zero-order chi connectivity index (χ0) is 26.0. The largest absolute Gasteiger partial charge is 0.271 e. The molecule has 5 aromatic rings. The van der Waals surface area contributed by atoms with E-state index in [9.17, 15) is 13.2 Å². The second kappa shape index (κ2) is 9.87. The number of aryl methyl sites for hydroxylation is 1. The first kappa shape index (κ1) is 24.2. The minimum absolute atomic E-state index is 0.206. The lowest BCUT2D eigenvalue weighted by molar-refractivity contribution is 0.0955. The Bertz CT molecular complexity index is 1690. The van der Waals surface area contributed by atoms with Crippen LogP contribution in [0.2, 0.25) is 0 Å². The zero-order valence-corrected chi connectivity index (χ0v) is 21.2. The molecule has 0 unspecified atom stereocenters. The van der Waals surface area contributed by atoms with E-state index in [4.69, 9.17) is 0 Å². The lowest BCUT2D eigenvalue weighted by Crippen LogP contribution is -2.26. The van der Waals surface area contributed by atoms with Gasteiger partial charge in [-0.2, -0.15) is 5.10 Å². The van der Waals surface area contributed by atoms with Gasteiger partial charge in [0.25, 0.3) is 15.9 Å². The van der Waals surface area contributed by atoms with Gasteiger partial charge in [0.15, 0.2) is 0 Å². The Morgan fingerprint density at radius 2 is 1.38 bits per heavy atom. The maximum atomic E-state index is 13.0. The van der Waals surface area contributed by atoms with Gasteiger partial charge in [0.05, 0.1) is 16.8 Å². The Balaban J connectivity index is 1.34. The van der Waals surface area contributed by atoms with Crippen molar-refractivity contribution in [1.29, 1.82) is 0 Å². The van der Waals surface area contributed by atoms with E-state index in [2.05, 4.69) is 28.7 Å². The van der Waals surface area contributed by atoms with Crippen LogP contribution in [-0.2, 0) is 10.0 Å². The van der Waals surface area contributed by atoms with Crippen molar-refractivity contribution >= 4 is 49.4 Å². The average molecular weight is 508 g/mol. The number of nitrogens with zero attached hydrogens (tertiary/aromatic N) is 2. The number of rotatable bonds is 6. The highest BCUT2D eigenvalue weighted by atomic mass is 32.2. The van der Waals surface area contributed by atoms with E-state index in [-0.39, 0.29) is 4.90 Å². The Morgan fingerprint density at radius 1 is 0.811 bits per heavy atom. The molecule has 7 heteroatoms. The molecule has 0 saturated carbocycles. The van der Waals surface area contributed by atoms with Crippen LogP contribution in [0.3, 0.4) is 0 Å². The van der Waals surface area contributed by atoms with Crippen molar-refractivity contribution in [1.82, 2.24) is 5.43 Å². The summed E-state index contributed by atoms with van der Waals surface area (Å²) in [6, 6.07) is 31.3. The van der Waals surface area contributed by atoms with Crippen LogP contribution < -0.4 is 9.73 Å². The van der Waals surface area contributed by atoms with E-state index < -0.39 is 15.9 Å².